The third-order valence-electron chi connectivity index (χ3n) is 3.41. The Morgan fingerprint density at radius 3 is 2.70 bits per heavy atom. The largest absolute Gasteiger partial charge is 0.497 e. The fraction of sp³-hybridized carbons (Fsp3) is 0.294. The Morgan fingerprint density at radius 1 is 1.22 bits per heavy atom. The molecule has 0 spiro atoms. The summed E-state index contributed by atoms with van der Waals surface area (Å²) in [5.74, 6) is 1.41. The summed E-state index contributed by atoms with van der Waals surface area (Å²) in [7, 11) is 3.17. The van der Waals surface area contributed by atoms with Gasteiger partial charge in [0.25, 0.3) is 0 Å². The normalized spacial score (nSPS) is 10.1. The summed E-state index contributed by atoms with van der Waals surface area (Å²) in [6.45, 7) is 3.87. The van der Waals surface area contributed by atoms with Crippen molar-refractivity contribution in [2.45, 2.75) is 20.5 Å². The molecule has 0 atom stereocenters. The van der Waals surface area contributed by atoms with Gasteiger partial charge in [-0.2, -0.15) is 0 Å². The van der Waals surface area contributed by atoms with Crippen molar-refractivity contribution in [3.63, 3.8) is 0 Å². The van der Waals surface area contributed by atoms with Crippen molar-refractivity contribution in [1.82, 2.24) is 4.98 Å². The molecule has 0 saturated carbocycles. The number of nitrogens with zero attached hydrogens (tertiary/aromatic N) is 1. The minimum absolute atomic E-state index is 0.0677. The van der Waals surface area contributed by atoms with Gasteiger partial charge >= 0.3 is 6.09 Å². The average molecular weight is 316 g/mol. The van der Waals surface area contributed by atoms with E-state index < -0.39 is 6.09 Å². The lowest BCUT2D eigenvalue weighted by Gasteiger charge is -2.13. The molecule has 2 aromatic rings. The number of aryl methyl sites for hydroxylation is 1. The van der Waals surface area contributed by atoms with E-state index in [1.165, 1.54) is 0 Å². The van der Waals surface area contributed by atoms with Gasteiger partial charge in [0.15, 0.2) is 0 Å². The molecule has 0 aliphatic heterocycles. The molecule has 1 amide bonds. The maximum absolute atomic E-state index is 11.9. The van der Waals surface area contributed by atoms with Crippen molar-refractivity contribution in [2.75, 3.05) is 19.5 Å². The number of hydrogen-bond acceptors (Lipinski definition) is 5. The zero-order valence-corrected chi connectivity index (χ0v) is 13.7. The first kappa shape index (κ1) is 16.6. The highest BCUT2D eigenvalue weighted by Gasteiger charge is 2.12. The van der Waals surface area contributed by atoms with E-state index in [0.29, 0.717) is 17.1 Å². The van der Waals surface area contributed by atoms with Gasteiger partial charge in [0.1, 0.15) is 18.1 Å². The van der Waals surface area contributed by atoms with Gasteiger partial charge in [0.05, 0.1) is 19.9 Å². The van der Waals surface area contributed by atoms with E-state index in [2.05, 4.69) is 10.3 Å². The van der Waals surface area contributed by atoms with Crippen LogP contribution >= 0.6 is 0 Å². The van der Waals surface area contributed by atoms with E-state index in [9.17, 15) is 4.79 Å². The Labute approximate surface area is 135 Å². The summed E-state index contributed by atoms with van der Waals surface area (Å²) in [6.07, 6.45) is 1.14. The van der Waals surface area contributed by atoms with Crippen LogP contribution in [0.3, 0.4) is 0 Å². The third kappa shape index (κ3) is 4.12. The number of carbonyl (C=O) groups is 1. The van der Waals surface area contributed by atoms with Crippen LogP contribution in [0.15, 0.2) is 30.5 Å². The summed E-state index contributed by atoms with van der Waals surface area (Å²) in [5.41, 5.74) is 3.06. The number of carbonyl (C=O) groups excluding carboxylic acids is 1. The Kier molecular flexibility index (Phi) is 5.41. The van der Waals surface area contributed by atoms with Crippen LogP contribution < -0.4 is 14.8 Å². The zero-order chi connectivity index (χ0) is 16.8. The van der Waals surface area contributed by atoms with Gasteiger partial charge in [-0.15, -0.1) is 0 Å². The maximum atomic E-state index is 11.9. The molecule has 0 fully saturated rings. The number of rotatable bonds is 5. The van der Waals surface area contributed by atoms with Crippen LogP contribution in [0, 0.1) is 13.8 Å². The van der Waals surface area contributed by atoms with Crippen molar-refractivity contribution in [2.24, 2.45) is 0 Å². The highest BCUT2D eigenvalue weighted by molar-refractivity contribution is 5.84. The lowest BCUT2D eigenvalue weighted by atomic mass is 10.1. The molecule has 0 bridgehead atoms. The van der Waals surface area contributed by atoms with Crippen LogP contribution in [-0.4, -0.2) is 25.3 Å². The molecule has 6 heteroatoms. The summed E-state index contributed by atoms with van der Waals surface area (Å²) >= 11 is 0. The van der Waals surface area contributed by atoms with Gasteiger partial charge in [0, 0.05) is 29.1 Å². The molecular formula is C17H20N2O4. The number of benzene rings is 1. The SMILES string of the molecule is COc1cccc(NC(=O)OCc2ncc(C)c(OC)c2C)c1. The van der Waals surface area contributed by atoms with Gasteiger partial charge in [0.2, 0.25) is 0 Å². The molecule has 1 N–H and O–H groups in total. The predicted molar refractivity (Wildman–Crippen MR) is 87.1 cm³/mol. The van der Waals surface area contributed by atoms with Crippen molar-refractivity contribution in [1.29, 1.82) is 0 Å². The van der Waals surface area contributed by atoms with Crippen LogP contribution in [-0.2, 0) is 11.3 Å². The number of aromatic nitrogens is 1. The van der Waals surface area contributed by atoms with Crippen LogP contribution in [0.1, 0.15) is 16.8 Å². The minimum atomic E-state index is -0.556. The quantitative estimate of drug-likeness (QED) is 0.914. The minimum Gasteiger partial charge on any atom is -0.497 e. The Bertz CT molecular complexity index is 701. The van der Waals surface area contributed by atoms with Gasteiger partial charge in [-0.3, -0.25) is 10.3 Å². The topological polar surface area (TPSA) is 69.7 Å². The van der Waals surface area contributed by atoms with E-state index in [1.807, 2.05) is 13.8 Å². The summed E-state index contributed by atoms with van der Waals surface area (Å²) < 4.78 is 15.7. The second-order valence-corrected chi connectivity index (χ2v) is 4.98. The fourth-order valence-corrected chi connectivity index (χ4v) is 2.21. The summed E-state index contributed by atoms with van der Waals surface area (Å²) in [6, 6.07) is 7.04. The first-order chi connectivity index (χ1) is 11.0. The van der Waals surface area contributed by atoms with E-state index in [4.69, 9.17) is 14.2 Å². The van der Waals surface area contributed by atoms with Gasteiger partial charge < -0.3 is 14.2 Å². The maximum Gasteiger partial charge on any atom is 0.412 e. The number of amides is 1. The third-order valence-corrected chi connectivity index (χ3v) is 3.41. The molecule has 0 unspecified atom stereocenters. The van der Waals surface area contributed by atoms with Crippen molar-refractivity contribution >= 4 is 11.8 Å². The van der Waals surface area contributed by atoms with Crippen LogP contribution in [0.25, 0.3) is 0 Å². The van der Waals surface area contributed by atoms with E-state index in [0.717, 1.165) is 16.9 Å². The number of anilines is 1. The molecule has 0 aliphatic rings. The molecule has 0 saturated heterocycles. The van der Waals surface area contributed by atoms with Crippen molar-refractivity contribution in [3.8, 4) is 11.5 Å². The zero-order valence-electron chi connectivity index (χ0n) is 13.7. The first-order valence-electron chi connectivity index (χ1n) is 7.12. The predicted octanol–water partition coefficient (Wildman–Crippen LogP) is 3.46. The standard InChI is InChI=1S/C17H20N2O4/c1-11-9-18-15(12(2)16(11)22-4)10-23-17(20)19-13-6-5-7-14(8-13)21-3/h5-9H,10H2,1-4H3,(H,19,20). The van der Waals surface area contributed by atoms with Gasteiger partial charge in [-0.25, -0.2) is 4.79 Å². The fourth-order valence-electron chi connectivity index (χ4n) is 2.21. The molecular weight excluding hydrogens is 296 g/mol. The molecule has 1 aromatic heterocycles. The molecule has 0 radical (unpaired) electrons. The lowest BCUT2D eigenvalue weighted by molar-refractivity contribution is 0.153. The molecule has 122 valence electrons. The lowest BCUT2D eigenvalue weighted by Crippen LogP contribution is -2.14. The van der Waals surface area contributed by atoms with Crippen LogP contribution in [0.4, 0.5) is 10.5 Å². The Hall–Kier alpha value is -2.76. The molecule has 1 aromatic carbocycles. The van der Waals surface area contributed by atoms with E-state index >= 15 is 0 Å². The smallest absolute Gasteiger partial charge is 0.412 e. The highest BCUT2D eigenvalue weighted by atomic mass is 16.5. The van der Waals surface area contributed by atoms with Crippen molar-refractivity contribution in [3.05, 3.63) is 47.3 Å². The molecule has 2 rings (SSSR count). The van der Waals surface area contributed by atoms with Crippen molar-refractivity contribution < 1.29 is 19.0 Å². The molecule has 1 heterocycles. The average Bonchev–Trinajstić information content (AvgIpc) is 2.55. The Morgan fingerprint density at radius 2 is 2.00 bits per heavy atom. The van der Waals surface area contributed by atoms with Gasteiger partial charge in [-0.05, 0) is 26.0 Å². The second-order valence-electron chi connectivity index (χ2n) is 4.98. The molecule has 23 heavy (non-hydrogen) atoms. The summed E-state index contributed by atoms with van der Waals surface area (Å²) in [4.78, 5) is 16.2. The number of ether oxygens (including phenoxy) is 3. The van der Waals surface area contributed by atoms with Gasteiger partial charge in [-0.1, -0.05) is 6.07 Å². The highest BCUT2D eigenvalue weighted by Crippen LogP contribution is 2.24. The molecule has 0 aliphatic carbocycles. The monoisotopic (exact) mass is 316 g/mol. The second kappa shape index (κ2) is 7.49. The first-order valence-corrected chi connectivity index (χ1v) is 7.12. The van der Waals surface area contributed by atoms with Crippen LogP contribution in [0.2, 0.25) is 0 Å². The number of pyridine rings is 1. The van der Waals surface area contributed by atoms with Crippen LogP contribution in [0.5, 0.6) is 11.5 Å². The number of hydrogen-bond donors (Lipinski definition) is 1. The van der Waals surface area contributed by atoms with E-state index in [1.54, 1.807) is 44.7 Å². The summed E-state index contributed by atoms with van der Waals surface area (Å²) in [5, 5.41) is 2.65. The number of methoxy groups -OCH3 is 2. The molecule has 6 nitrogen and oxygen atoms in total. The Balaban J connectivity index is 1.99. The van der Waals surface area contributed by atoms with E-state index in [-0.39, 0.29) is 6.61 Å². The number of nitrogens with one attached hydrogen (secondary N) is 1.